The zero-order valence-electron chi connectivity index (χ0n) is 13.4. The van der Waals surface area contributed by atoms with Crippen molar-refractivity contribution >= 4 is 17.2 Å². The second-order valence-corrected chi connectivity index (χ2v) is 5.94. The predicted molar refractivity (Wildman–Crippen MR) is 91.8 cm³/mol. The van der Waals surface area contributed by atoms with E-state index in [9.17, 15) is 4.79 Å². The van der Waals surface area contributed by atoms with Gasteiger partial charge in [-0.15, -0.1) is 16.4 Å². The molecule has 0 amide bonds. The van der Waals surface area contributed by atoms with Gasteiger partial charge in [0.05, 0.1) is 18.6 Å². The lowest BCUT2D eigenvalue weighted by molar-refractivity contribution is 0.0945. The Kier molecular flexibility index (Phi) is 4.90. The summed E-state index contributed by atoms with van der Waals surface area (Å²) < 4.78 is 11.9. The van der Waals surface area contributed by atoms with Gasteiger partial charge in [-0.25, -0.2) is 0 Å². The molecule has 0 spiro atoms. The molecule has 24 heavy (non-hydrogen) atoms. The minimum absolute atomic E-state index is 0.210. The Hall–Kier alpha value is -2.67. The van der Waals surface area contributed by atoms with Crippen LogP contribution in [0.25, 0.3) is 10.7 Å². The molecule has 0 saturated heterocycles. The first-order chi connectivity index (χ1) is 11.7. The van der Waals surface area contributed by atoms with Gasteiger partial charge in [-0.05, 0) is 42.1 Å². The summed E-state index contributed by atoms with van der Waals surface area (Å²) in [6.45, 7) is 2.50. The first kappa shape index (κ1) is 16.2. The van der Waals surface area contributed by atoms with Crippen LogP contribution in [-0.2, 0) is 0 Å². The van der Waals surface area contributed by atoms with Crippen molar-refractivity contribution in [3.63, 3.8) is 0 Å². The van der Waals surface area contributed by atoms with E-state index in [1.54, 1.807) is 31.4 Å². The number of aromatic nitrogens is 3. The molecule has 0 aliphatic carbocycles. The van der Waals surface area contributed by atoms with Crippen LogP contribution in [0, 0.1) is 0 Å². The normalized spacial score (nSPS) is 10.6. The Bertz CT molecular complexity index is 810. The maximum Gasteiger partial charge on any atom is 0.336 e. The van der Waals surface area contributed by atoms with Crippen LogP contribution in [0.2, 0.25) is 0 Å². The van der Waals surface area contributed by atoms with Crippen molar-refractivity contribution in [1.82, 2.24) is 14.8 Å². The van der Waals surface area contributed by atoms with Gasteiger partial charge in [0.2, 0.25) is 0 Å². The summed E-state index contributed by atoms with van der Waals surface area (Å²) >= 11 is 1.49. The molecule has 3 rings (SSSR count). The zero-order valence-corrected chi connectivity index (χ0v) is 14.2. The summed E-state index contributed by atoms with van der Waals surface area (Å²) in [5.41, 5.74) is 0.501. The molecule has 0 radical (unpaired) electrons. The maximum absolute atomic E-state index is 12.8. The maximum atomic E-state index is 12.8. The quantitative estimate of drug-likeness (QED) is 0.685. The molecule has 2 heterocycles. The van der Waals surface area contributed by atoms with Crippen molar-refractivity contribution in [2.24, 2.45) is 0 Å². The molecule has 1 aromatic carbocycles. The predicted octanol–water partition coefficient (Wildman–Crippen LogP) is 3.49. The van der Waals surface area contributed by atoms with Crippen molar-refractivity contribution in [3.05, 3.63) is 47.3 Å². The number of ether oxygens (including phenoxy) is 2. The molecule has 0 aliphatic heterocycles. The van der Waals surface area contributed by atoms with E-state index in [0.717, 1.165) is 11.3 Å². The van der Waals surface area contributed by atoms with Crippen LogP contribution >= 0.6 is 11.3 Å². The molecule has 6 nitrogen and oxygen atoms in total. The Morgan fingerprint density at radius 1 is 1.25 bits per heavy atom. The molecular weight excluding hydrogens is 326 g/mol. The molecular formula is C17H17N3O3S. The minimum atomic E-state index is -0.264. The number of carbonyl (C=O) groups is 1. The molecule has 2 aromatic heterocycles. The standard InChI is InChI=1S/C17H17N3O3S/c1-3-10-23-17-18-15(14-5-4-11-24-14)20(19-17)16(21)12-6-8-13(22-2)9-7-12/h4-9,11H,3,10H2,1-2H3. The highest BCUT2D eigenvalue weighted by Gasteiger charge is 2.20. The van der Waals surface area contributed by atoms with Crippen LogP contribution in [0.4, 0.5) is 0 Å². The Morgan fingerprint density at radius 2 is 2.04 bits per heavy atom. The van der Waals surface area contributed by atoms with E-state index in [4.69, 9.17) is 9.47 Å². The number of hydrogen-bond donors (Lipinski definition) is 0. The number of methoxy groups -OCH3 is 1. The molecule has 0 saturated carbocycles. The van der Waals surface area contributed by atoms with Gasteiger partial charge in [0.15, 0.2) is 5.82 Å². The topological polar surface area (TPSA) is 66.2 Å². The van der Waals surface area contributed by atoms with Crippen LogP contribution in [0.5, 0.6) is 11.8 Å². The van der Waals surface area contributed by atoms with E-state index in [-0.39, 0.29) is 11.9 Å². The first-order valence-corrected chi connectivity index (χ1v) is 8.43. The smallest absolute Gasteiger partial charge is 0.336 e. The summed E-state index contributed by atoms with van der Waals surface area (Å²) in [6.07, 6.45) is 0.843. The van der Waals surface area contributed by atoms with E-state index in [1.165, 1.54) is 16.0 Å². The number of benzene rings is 1. The number of rotatable bonds is 6. The third-order valence-electron chi connectivity index (χ3n) is 3.29. The third kappa shape index (κ3) is 3.30. The number of carbonyl (C=O) groups excluding carboxylic acids is 1. The summed E-state index contributed by atoms with van der Waals surface area (Å²) in [5.74, 6) is 0.910. The van der Waals surface area contributed by atoms with E-state index in [2.05, 4.69) is 10.1 Å². The highest BCUT2D eigenvalue weighted by Crippen LogP contribution is 2.25. The fourth-order valence-corrected chi connectivity index (χ4v) is 2.81. The lowest BCUT2D eigenvalue weighted by Gasteiger charge is -2.04. The lowest BCUT2D eigenvalue weighted by Crippen LogP contribution is -2.15. The van der Waals surface area contributed by atoms with Crippen molar-refractivity contribution in [2.45, 2.75) is 13.3 Å². The zero-order chi connectivity index (χ0) is 16.9. The average molecular weight is 343 g/mol. The summed E-state index contributed by atoms with van der Waals surface area (Å²) in [4.78, 5) is 18.0. The highest BCUT2D eigenvalue weighted by molar-refractivity contribution is 7.13. The van der Waals surface area contributed by atoms with Gasteiger partial charge in [0.25, 0.3) is 5.91 Å². The fourth-order valence-electron chi connectivity index (χ4n) is 2.11. The van der Waals surface area contributed by atoms with Gasteiger partial charge in [0.1, 0.15) is 5.75 Å². The van der Waals surface area contributed by atoms with Crippen molar-refractivity contribution < 1.29 is 14.3 Å². The molecule has 0 bridgehead atoms. The second kappa shape index (κ2) is 7.27. The Balaban J connectivity index is 1.97. The second-order valence-electron chi connectivity index (χ2n) is 4.99. The van der Waals surface area contributed by atoms with Gasteiger partial charge in [-0.2, -0.15) is 9.67 Å². The molecule has 0 unspecified atom stereocenters. The van der Waals surface area contributed by atoms with Crippen LogP contribution in [0.15, 0.2) is 41.8 Å². The lowest BCUT2D eigenvalue weighted by atomic mass is 10.2. The van der Waals surface area contributed by atoms with Gasteiger partial charge in [-0.3, -0.25) is 4.79 Å². The number of thiophene rings is 1. The average Bonchev–Trinajstić information content (AvgIpc) is 3.28. The van der Waals surface area contributed by atoms with Crippen LogP contribution in [0.3, 0.4) is 0 Å². The number of hydrogen-bond acceptors (Lipinski definition) is 6. The molecule has 124 valence electrons. The van der Waals surface area contributed by atoms with E-state index in [0.29, 0.717) is 23.7 Å². The van der Waals surface area contributed by atoms with E-state index < -0.39 is 0 Å². The van der Waals surface area contributed by atoms with Gasteiger partial charge in [0, 0.05) is 5.56 Å². The van der Waals surface area contributed by atoms with E-state index >= 15 is 0 Å². The van der Waals surface area contributed by atoms with E-state index in [1.807, 2.05) is 24.4 Å². The molecule has 7 heteroatoms. The first-order valence-electron chi connectivity index (χ1n) is 7.55. The Morgan fingerprint density at radius 3 is 2.67 bits per heavy atom. The Labute approximate surface area is 143 Å². The van der Waals surface area contributed by atoms with Crippen LogP contribution in [0.1, 0.15) is 23.7 Å². The van der Waals surface area contributed by atoms with Crippen LogP contribution in [-0.4, -0.2) is 34.4 Å². The molecule has 3 aromatic rings. The molecule has 0 aliphatic rings. The summed E-state index contributed by atoms with van der Waals surface area (Å²) in [6, 6.07) is 10.9. The summed E-state index contributed by atoms with van der Waals surface area (Å²) in [7, 11) is 1.58. The molecule has 0 N–H and O–H groups in total. The molecule has 0 atom stereocenters. The SMILES string of the molecule is CCCOc1nc(-c2cccs2)n(C(=O)c2ccc(OC)cc2)n1. The van der Waals surface area contributed by atoms with Gasteiger partial charge < -0.3 is 9.47 Å². The molecule has 0 fully saturated rings. The van der Waals surface area contributed by atoms with Crippen molar-refractivity contribution in [3.8, 4) is 22.5 Å². The fraction of sp³-hybridized carbons (Fsp3) is 0.235. The van der Waals surface area contributed by atoms with Gasteiger partial charge in [-0.1, -0.05) is 13.0 Å². The highest BCUT2D eigenvalue weighted by atomic mass is 32.1. The van der Waals surface area contributed by atoms with Gasteiger partial charge >= 0.3 is 6.01 Å². The minimum Gasteiger partial charge on any atom is -0.497 e. The van der Waals surface area contributed by atoms with Crippen molar-refractivity contribution in [2.75, 3.05) is 13.7 Å². The van der Waals surface area contributed by atoms with Crippen molar-refractivity contribution in [1.29, 1.82) is 0 Å². The largest absolute Gasteiger partial charge is 0.497 e. The summed E-state index contributed by atoms with van der Waals surface area (Å²) in [5, 5.41) is 6.16. The van der Waals surface area contributed by atoms with Crippen LogP contribution < -0.4 is 9.47 Å². The monoisotopic (exact) mass is 343 g/mol. The third-order valence-corrected chi connectivity index (χ3v) is 4.16. The number of nitrogens with zero attached hydrogens (tertiary/aromatic N) is 3.